The molecule has 0 aromatic heterocycles. The Morgan fingerprint density at radius 2 is 2.24 bits per heavy atom. The molecule has 0 saturated carbocycles. The molecule has 1 aromatic carbocycles. The minimum atomic E-state index is 0.0548. The molecule has 0 spiro atoms. The molecule has 0 aliphatic heterocycles. The lowest BCUT2D eigenvalue weighted by Gasteiger charge is -2.07. The second-order valence-electron chi connectivity index (χ2n) is 3.72. The SMILES string of the molecule is CNCCCC(=O)NCc1ccc(Br)cc1Cl. The van der Waals surface area contributed by atoms with Gasteiger partial charge in [-0.05, 0) is 37.7 Å². The normalized spacial score (nSPS) is 10.3. The molecule has 2 N–H and O–H groups in total. The molecule has 0 fully saturated rings. The zero-order valence-corrected chi connectivity index (χ0v) is 12.1. The minimum absolute atomic E-state index is 0.0548. The summed E-state index contributed by atoms with van der Waals surface area (Å²) in [4.78, 5) is 11.5. The molecule has 17 heavy (non-hydrogen) atoms. The molecule has 0 unspecified atom stereocenters. The molecule has 0 saturated heterocycles. The van der Waals surface area contributed by atoms with E-state index in [0.29, 0.717) is 18.0 Å². The Bertz CT molecular complexity index is 385. The Morgan fingerprint density at radius 1 is 1.47 bits per heavy atom. The van der Waals surface area contributed by atoms with Crippen LogP contribution in [0.2, 0.25) is 5.02 Å². The molecular formula is C12H16BrClN2O. The van der Waals surface area contributed by atoms with Gasteiger partial charge in [-0.3, -0.25) is 4.79 Å². The summed E-state index contributed by atoms with van der Waals surface area (Å²) >= 11 is 9.39. The van der Waals surface area contributed by atoms with Gasteiger partial charge < -0.3 is 10.6 Å². The summed E-state index contributed by atoms with van der Waals surface area (Å²) in [5.74, 6) is 0.0548. The van der Waals surface area contributed by atoms with Gasteiger partial charge in [-0.25, -0.2) is 0 Å². The van der Waals surface area contributed by atoms with E-state index in [2.05, 4.69) is 26.6 Å². The van der Waals surface area contributed by atoms with Gasteiger partial charge in [0.1, 0.15) is 0 Å². The van der Waals surface area contributed by atoms with Crippen molar-refractivity contribution in [3.8, 4) is 0 Å². The summed E-state index contributed by atoms with van der Waals surface area (Å²) in [6.07, 6.45) is 1.38. The van der Waals surface area contributed by atoms with Crippen molar-refractivity contribution in [2.45, 2.75) is 19.4 Å². The van der Waals surface area contributed by atoms with Gasteiger partial charge >= 0.3 is 0 Å². The van der Waals surface area contributed by atoms with Crippen molar-refractivity contribution in [3.05, 3.63) is 33.3 Å². The number of carbonyl (C=O) groups excluding carboxylic acids is 1. The lowest BCUT2D eigenvalue weighted by molar-refractivity contribution is -0.121. The maximum atomic E-state index is 11.5. The van der Waals surface area contributed by atoms with Crippen LogP contribution >= 0.6 is 27.5 Å². The molecule has 0 heterocycles. The first-order valence-corrected chi connectivity index (χ1v) is 6.66. The standard InChI is InChI=1S/C12H16BrClN2O/c1-15-6-2-3-12(17)16-8-9-4-5-10(13)7-11(9)14/h4-5,7,15H,2-3,6,8H2,1H3,(H,16,17). The van der Waals surface area contributed by atoms with Crippen LogP contribution in [0.3, 0.4) is 0 Å². The molecular weight excluding hydrogens is 304 g/mol. The molecule has 0 aliphatic carbocycles. The number of halogens is 2. The molecule has 5 heteroatoms. The van der Waals surface area contributed by atoms with Crippen LogP contribution in [0.25, 0.3) is 0 Å². The highest BCUT2D eigenvalue weighted by Gasteiger charge is 2.04. The van der Waals surface area contributed by atoms with E-state index in [1.807, 2.05) is 25.2 Å². The van der Waals surface area contributed by atoms with Gasteiger partial charge in [0.15, 0.2) is 0 Å². The summed E-state index contributed by atoms with van der Waals surface area (Å²) in [5, 5.41) is 6.52. The summed E-state index contributed by atoms with van der Waals surface area (Å²) in [5.41, 5.74) is 0.928. The molecule has 94 valence electrons. The topological polar surface area (TPSA) is 41.1 Å². The van der Waals surface area contributed by atoms with Gasteiger partial charge in [0, 0.05) is 22.5 Å². The van der Waals surface area contributed by atoms with Crippen LogP contribution < -0.4 is 10.6 Å². The highest BCUT2D eigenvalue weighted by atomic mass is 79.9. The van der Waals surface area contributed by atoms with Crippen LogP contribution in [0.4, 0.5) is 0 Å². The molecule has 0 atom stereocenters. The van der Waals surface area contributed by atoms with Crippen molar-refractivity contribution in [2.75, 3.05) is 13.6 Å². The fraction of sp³-hybridized carbons (Fsp3) is 0.417. The van der Waals surface area contributed by atoms with Gasteiger partial charge in [-0.15, -0.1) is 0 Å². The average Bonchev–Trinajstić information content (AvgIpc) is 2.28. The van der Waals surface area contributed by atoms with E-state index < -0.39 is 0 Å². The predicted molar refractivity (Wildman–Crippen MR) is 74.2 cm³/mol. The van der Waals surface area contributed by atoms with E-state index >= 15 is 0 Å². The number of hydrogen-bond acceptors (Lipinski definition) is 2. The number of hydrogen-bond donors (Lipinski definition) is 2. The number of amides is 1. The Morgan fingerprint density at radius 3 is 2.88 bits per heavy atom. The first kappa shape index (κ1) is 14.5. The summed E-state index contributed by atoms with van der Waals surface area (Å²) in [6.45, 7) is 1.33. The smallest absolute Gasteiger partial charge is 0.220 e. The van der Waals surface area contributed by atoms with Crippen molar-refractivity contribution < 1.29 is 4.79 Å². The lowest BCUT2D eigenvalue weighted by atomic mass is 10.2. The fourth-order valence-electron chi connectivity index (χ4n) is 1.37. The van der Waals surface area contributed by atoms with Crippen LogP contribution in [-0.2, 0) is 11.3 Å². The zero-order chi connectivity index (χ0) is 12.7. The number of carbonyl (C=O) groups is 1. The monoisotopic (exact) mass is 318 g/mol. The maximum absolute atomic E-state index is 11.5. The van der Waals surface area contributed by atoms with Crippen LogP contribution in [0.5, 0.6) is 0 Å². The Kier molecular flexibility index (Phi) is 6.55. The third-order valence-electron chi connectivity index (χ3n) is 2.32. The van der Waals surface area contributed by atoms with Crippen molar-refractivity contribution in [1.29, 1.82) is 0 Å². The number of nitrogens with one attached hydrogen (secondary N) is 2. The minimum Gasteiger partial charge on any atom is -0.352 e. The molecule has 0 bridgehead atoms. The van der Waals surface area contributed by atoms with Gasteiger partial charge in [-0.1, -0.05) is 33.6 Å². The summed E-state index contributed by atoms with van der Waals surface area (Å²) in [7, 11) is 1.87. The molecule has 3 nitrogen and oxygen atoms in total. The summed E-state index contributed by atoms with van der Waals surface area (Å²) < 4.78 is 0.937. The van der Waals surface area contributed by atoms with E-state index in [9.17, 15) is 4.79 Å². The van der Waals surface area contributed by atoms with Gasteiger partial charge in [0.2, 0.25) is 5.91 Å². The average molecular weight is 320 g/mol. The van der Waals surface area contributed by atoms with E-state index in [0.717, 1.165) is 23.0 Å². The molecule has 0 aliphatic rings. The molecule has 1 rings (SSSR count). The number of rotatable bonds is 6. The number of benzene rings is 1. The van der Waals surface area contributed by atoms with E-state index in [-0.39, 0.29) is 5.91 Å². The van der Waals surface area contributed by atoms with Gasteiger partial charge in [-0.2, -0.15) is 0 Å². The van der Waals surface area contributed by atoms with Crippen LogP contribution in [-0.4, -0.2) is 19.5 Å². The largest absolute Gasteiger partial charge is 0.352 e. The van der Waals surface area contributed by atoms with Gasteiger partial charge in [0.05, 0.1) is 0 Å². The van der Waals surface area contributed by atoms with E-state index in [4.69, 9.17) is 11.6 Å². The van der Waals surface area contributed by atoms with Gasteiger partial charge in [0.25, 0.3) is 0 Å². The van der Waals surface area contributed by atoms with Crippen LogP contribution in [0.15, 0.2) is 22.7 Å². The first-order chi connectivity index (χ1) is 8.13. The Balaban J connectivity index is 2.37. The molecule has 0 radical (unpaired) electrons. The van der Waals surface area contributed by atoms with Crippen molar-refractivity contribution >= 4 is 33.4 Å². The van der Waals surface area contributed by atoms with Crippen LogP contribution in [0, 0.1) is 0 Å². The molecule has 1 aromatic rings. The summed E-state index contributed by atoms with van der Waals surface area (Å²) in [6, 6.07) is 5.64. The van der Waals surface area contributed by atoms with E-state index in [1.54, 1.807) is 0 Å². The second-order valence-corrected chi connectivity index (χ2v) is 5.04. The highest BCUT2D eigenvalue weighted by molar-refractivity contribution is 9.10. The zero-order valence-electron chi connectivity index (χ0n) is 9.72. The second kappa shape index (κ2) is 7.69. The van der Waals surface area contributed by atoms with E-state index in [1.165, 1.54) is 0 Å². The van der Waals surface area contributed by atoms with Crippen LogP contribution in [0.1, 0.15) is 18.4 Å². The van der Waals surface area contributed by atoms with Crippen molar-refractivity contribution in [2.24, 2.45) is 0 Å². The Hall–Kier alpha value is -0.580. The third kappa shape index (κ3) is 5.52. The lowest BCUT2D eigenvalue weighted by Crippen LogP contribution is -2.23. The first-order valence-electron chi connectivity index (χ1n) is 5.48. The van der Waals surface area contributed by atoms with Crippen molar-refractivity contribution in [1.82, 2.24) is 10.6 Å². The maximum Gasteiger partial charge on any atom is 0.220 e. The van der Waals surface area contributed by atoms with Crippen molar-refractivity contribution in [3.63, 3.8) is 0 Å². The fourth-order valence-corrected chi connectivity index (χ4v) is 2.11. The highest BCUT2D eigenvalue weighted by Crippen LogP contribution is 2.21. The Labute approximate surface area is 115 Å². The molecule has 1 amide bonds. The predicted octanol–water partition coefficient (Wildman–Crippen LogP) is 2.72. The third-order valence-corrected chi connectivity index (χ3v) is 3.17. The quantitative estimate of drug-likeness (QED) is 0.792.